The summed E-state index contributed by atoms with van der Waals surface area (Å²) in [6.45, 7) is 24.4. The second-order valence-corrected chi connectivity index (χ2v) is 29.0. The summed E-state index contributed by atoms with van der Waals surface area (Å²) in [5.74, 6) is 1.19. The van der Waals surface area contributed by atoms with Crippen LogP contribution in [-0.2, 0) is 34.6 Å². The molecule has 0 saturated carbocycles. The molecule has 0 aromatic heterocycles. The van der Waals surface area contributed by atoms with Crippen LogP contribution < -0.4 is 13.6 Å². The average molecular weight is 879 g/mol. The van der Waals surface area contributed by atoms with E-state index in [1.54, 1.807) is 35.9 Å². The second-order valence-electron chi connectivity index (χ2n) is 20.8. The van der Waals surface area contributed by atoms with Crippen molar-refractivity contribution in [2.24, 2.45) is 22.7 Å². The molecule has 6 aromatic rings. The van der Waals surface area contributed by atoms with Crippen LogP contribution >= 0.6 is 0 Å². The van der Waals surface area contributed by atoms with Crippen molar-refractivity contribution in [3.63, 3.8) is 0 Å². The van der Waals surface area contributed by atoms with Gasteiger partial charge in [-0.05, 0) is 0 Å². The number of allylic oxidation sites excluding steroid dienone is 2. The summed E-state index contributed by atoms with van der Waals surface area (Å²) in [5, 5.41) is 3.36. The third-order valence-corrected chi connectivity index (χ3v) is 25.3. The third-order valence-electron chi connectivity index (χ3n) is 13.5. The summed E-state index contributed by atoms with van der Waals surface area (Å²) in [7, 11) is -0.661. The molecule has 0 bridgehead atoms. The Bertz CT molecular complexity index is 2540. The normalized spacial score (nSPS) is 17.1. The van der Waals surface area contributed by atoms with Crippen molar-refractivity contribution in [3.05, 3.63) is 172 Å². The van der Waals surface area contributed by atoms with E-state index in [2.05, 4.69) is 209 Å². The van der Waals surface area contributed by atoms with Crippen LogP contribution in [0, 0.1) is 22.7 Å². The van der Waals surface area contributed by atoms with Crippen LogP contribution in [-0.4, -0.2) is 9.52 Å². The van der Waals surface area contributed by atoms with Gasteiger partial charge in [-0.15, -0.1) is 0 Å². The van der Waals surface area contributed by atoms with Crippen molar-refractivity contribution in [3.8, 4) is 33.4 Å². The van der Waals surface area contributed by atoms with Gasteiger partial charge in [-0.1, -0.05) is 0 Å². The fraction of sp³-hybridized carbons (Fsp3) is 0.310. The van der Waals surface area contributed by atoms with Crippen LogP contribution in [0.25, 0.3) is 45.5 Å². The first-order valence-corrected chi connectivity index (χ1v) is 28.1. The Morgan fingerprint density at radius 1 is 0.467 bits per heavy atom. The molecule has 0 fully saturated rings. The van der Waals surface area contributed by atoms with Gasteiger partial charge in [0.15, 0.2) is 0 Å². The second kappa shape index (κ2) is 16.0. The maximum absolute atomic E-state index is 3.01. The first-order chi connectivity index (χ1) is 28.7. The van der Waals surface area contributed by atoms with Crippen molar-refractivity contribution >= 4 is 35.3 Å². The van der Waals surface area contributed by atoms with E-state index in [1.165, 1.54) is 55.6 Å². The van der Waals surface area contributed by atoms with E-state index in [-0.39, 0.29) is 10.8 Å². The molecule has 2 unspecified atom stereocenters. The summed E-state index contributed by atoms with van der Waals surface area (Å²) in [6.07, 6.45) is 7.57. The van der Waals surface area contributed by atoms with Crippen LogP contribution in [0.2, 0.25) is 0 Å². The molecule has 303 valence electrons. The van der Waals surface area contributed by atoms with Crippen LogP contribution in [0.5, 0.6) is 0 Å². The van der Waals surface area contributed by atoms with Gasteiger partial charge in [0.05, 0.1) is 0 Å². The number of hydrogen-bond acceptors (Lipinski definition) is 0. The molecule has 1 heterocycles. The molecule has 0 saturated heterocycles. The molecule has 60 heavy (non-hydrogen) atoms. The van der Waals surface area contributed by atoms with Crippen molar-refractivity contribution in [1.29, 1.82) is 0 Å². The quantitative estimate of drug-likeness (QED) is 0.127. The molecular formula is C58H63SiZr. The molecule has 0 nitrogen and oxygen atoms in total. The molecule has 9 rings (SSSR count). The predicted molar refractivity (Wildman–Crippen MR) is 261 cm³/mol. The van der Waals surface area contributed by atoms with E-state index in [1.807, 2.05) is 0 Å². The fourth-order valence-corrected chi connectivity index (χ4v) is 26.1. The first-order valence-electron chi connectivity index (χ1n) is 22.6. The predicted octanol–water partition coefficient (Wildman–Crippen LogP) is 13.1. The monoisotopic (exact) mass is 877 g/mol. The first kappa shape index (κ1) is 41.3. The standard InChI is InChI=1S/2C23H27.C12H9Si.Zr/c2*1-16(2)13-17-9-6-7-11-20(17)21-12-8-10-18-14-19(15-22(18)21)23(3,4)5;1-3-7-11-9(5-1)10-6-2-4-8-12(10)13-11;/h2*6-12,14-16H,13H2,1-5H3;1-7H,13H2;. The maximum atomic E-state index is 2.70. The molecule has 0 spiro atoms. The van der Waals surface area contributed by atoms with Gasteiger partial charge in [-0.3, -0.25) is 0 Å². The number of hydrogen-bond donors (Lipinski definition) is 0. The fourth-order valence-electron chi connectivity index (χ4n) is 11.0. The van der Waals surface area contributed by atoms with Gasteiger partial charge in [0.2, 0.25) is 0 Å². The van der Waals surface area contributed by atoms with E-state index in [9.17, 15) is 0 Å². The Morgan fingerprint density at radius 3 is 1.37 bits per heavy atom. The van der Waals surface area contributed by atoms with Crippen molar-refractivity contribution in [1.82, 2.24) is 0 Å². The number of fused-ring (bicyclic) bond motifs is 5. The number of rotatable bonds is 9. The molecule has 1 aliphatic heterocycles. The summed E-state index contributed by atoms with van der Waals surface area (Å²) in [5.41, 5.74) is 21.0. The van der Waals surface area contributed by atoms with Gasteiger partial charge in [0.25, 0.3) is 0 Å². The Hall–Kier alpha value is -4.10. The molecule has 0 radical (unpaired) electrons. The summed E-state index contributed by atoms with van der Waals surface area (Å²) < 4.78 is 2.58. The molecule has 2 aliphatic carbocycles. The molecule has 3 aliphatic rings. The molecular weight excluding hydrogens is 816 g/mol. The summed E-state index contributed by atoms with van der Waals surface area (Å²) in [6, 6.07) is 50.2. The van der Waals surface area contributed by atoms with Gasteiger partial charge < -0.3 is 0 Å². The Morgan fingerprint density at radius 2 is 0.883 bits per heavy atom. The van der Waals surface area contributed by atoms with E-state index in [4.69, 9.17) is 0 Å². The average Bonchev–Trinajstić information content (AvgIpc) is 3.91. The van der Waals surface area contributed by atoms with Gasteiger partial charge in [0, 0.05) is 0 Å². The molecule has 6 aromatic carbocycles. The van der Waals surface area contributed by atoms with E-state index in [0.717, 1.165) is 12.8 Å². The Balaban J connectivity index is 1.33. The Kier molecular flexibility index (Phi) is 11.0. The minimum absolute atomic E-state index is 0.00718. The van der Waals surface area contributed by atoms with E-state index >= 15 is 0 Å². The zero-order valence-corrected chi connectivity index (χ0v) is 41.6. The molecule has 0 N–H and O–H groups in total. The van der Waals surface area contributed by atoms with Crippen molar-refractivity contribution in [2.75, 3.05) is 0 Å². The molecule has 2 heteroatoms. The molecule has 0 amide bonds. The summed E-state index contributed by atoms with van der Waals surface area (Å²) in [4.78, 5) is 0. The number of benzene rings is 6. The van der Waals surface area contributed by atoms with Crippen LogP contribution in [0.15, 0.2) is 139 Å². The van der Waals surface area contributed by atoms with E-state index < -0.39 is 31.3 Å². The summed E-state index contributed by atoms with van der Waals surface area (Å²) >= 11 is -3.01. The van der Waals surface area contributed by atoms with Crippen molar-refractivity contribution < 1.29 is 21.8 Å². The molecule has 2 atom stereocenters. The van der Waals surface area contributed by atoms with Gasteiger partial charge in [0.1, 0.15) is 0 Å². The minimum atomic E-state index is -3.01. The van der Waals surface area contributed by atoms with Gasteiger partial charge in [-0.2, -0.15) is 0 Å². The SMILES string of the molecule is CC(C)Cc1ccccc1-c1cccc2c1C=C(C(C)(C)C)[CH]2[Zr]([c]1cccc2c1[SiH2]c1ccccc1-2)[CH]1C(C(C)(C)C)=Cc2c(-c3ccccc3CC(C)C)cccc21. The van der Waals surface area contributed by atoms with Gasteiger partial charge in [-0.25, -0.2) is 0 Å². The van der Waals surface area contributed by atoms with Gasteiger partial charge >= 0.3 is 374 Å². The van der Waals surface area contributed by atoms with Crippen LogP contribution in [0.1, 0.15) is 110 Å². The topological polar surface area (TPSA) is 0 Å². The van der Waals surface area contributed by atoms with Crippen LogP contribution in [0.4, 0.5) is 0 Å². The van der Waals surface area contributed by atoms with Crippen LogP contribution in [0.3, 0.4) is 0 Å². The Labute approximate surface area is 371 Å². The van der Waals surface area contributed by atoms with E-state index in [0.29, 0.717) is 19.1 Å². The van der Waals surface area contributed by atoms with Crippen molar-refractivity contribution in [2.45, 2.75) is 89.3 Å². The zero-order valence-electron chi connectivity index (χ0n) is 37.7. The third kappa shape index (κ3) is 7.39. The zero-order chi connectivity index (χ0) is 42.1.